The van der Waals surface area contributed by atoms with Crippen molar-refractivity contribution in [3.63, 3.8) is 0 Å². The van der Waals surface area contributed by atoms with Crippen molar-refractivity contribution < 1.29 is 9.59 Å². The Hall–Kier alpha value is -2.34. The Morgan fingerprint density at radius 3 is 1.96 bits per heavy atom. The zero-order valence-corrected chi connectivity index (χ0v) is 16.0. The molecular weight excluding hydrogens is 328 g/mol. The van der Waals surface area contributed by atoms with Gasteiger partial charge in [0.05, 0.1) is 25.0 Å². The Morgan fingerprint density at radius 2 is 1.42 bits per heavy atom. The van der Waals surface area contributed by atoms with Gasteiger partial charge in [0, 0.05) is 31.8 Å². The molecule has 0 unspecified atom stereocenters. The lowest BCUT2D eigenvalue weighted by atomic mass is 10.1. The molecule has 144 valence electrons. The quantitative estimate of drug-likeness (QED) is 0.357. The number of nitrogens with one attached hydrogen (secondary N) is 1. The van der Waals surface area contributed by atoms with Gasteiger partial charge < -0.3 is 10.2 Å². The average Bonchev–Trinajstić information content (AvgIpc) is 2.65. The van der Waals surface area contributed by atoms with Crippen molar-refractivity contribution in [3.05, 3.63) is 12.2 Å². The molecule has 0 saturated carbocycles. The van der Waals surface area contributed by atoms with Crippen LogP contribution in [-0.4, -0.2) is 36.3 Å². The van der Waals surface area contributed by atoms with E-state index in [0.29, 0.717) is 6.54 Å². The van der Waals surface area contributed by atoms with Gasteiger partial charge in [-0.25, -0.2) is 0 Å². The highest BCUT2D eigenvalue weighted by Crippen LogP contribution is 2.07. The van der Waals surface area contributed by atoms with E-state index in [-0.39, 0.29) is 37.7 Å². The van der Waals surface area contributed by atoms with Gasteiger partial charge in [-0.05, 0) is 6.42 Å². The minimum atomic E-state index is -0.349. The van der Waals surface area contributed by atoms with Crippen molar-refractivity contribution in [2.75, 3.05) is 19.6 Å². The summed E-state index contributed by atoms with van der Waals surface area (Å²) in [6.07, 6.45) is 12.5. The molecule has 26 heavy (non-hydrogen) atoms. The highest BCUT2D eigenvalue weighted by Gasteiger charge is 2.10. The van der Waals surface area contributed by atoms with Gasteiger partial charge in [0.25, 0.3) is 0 Å². The van der Waals surface area contributed by atoms with Crippen LogP contribution in [0.2, 0.25) is 0 Å². The molecule has 0 rings (SSSR count). The zero-order valence-electron chi connectivity index (χ0n) is 16.0. The number of hydrogen-bond donors (Lipinski definition) is 1. The summed E-state index contributed by atoms with van der Waals surface area (Å²) < 4.78 is 0. The van der Waals surface area contributed by atoms with E-state index in [4.69, 9.17) is 10.5 Å². The highest BCUT2D eigenvalue weighted by molar-refractivity contribution is 5.96. The molecule has 6 heteroatoms. The first kappa shape index (κ1) is 23.7. The van der Waals surface area contributed by atoms with Crippen LogP contribution >= 0.6 is 0 Å². The third-order valence-corrected chi connectivity index (χ3v) is 4.01. The maximum atomic E-state index is 12.0. The fourth-order valence-corrected chi connectivity index (χ4v) is 2.48. The van der Waals surface area contributed by atoms with Crippen LogP contribution in [0.5, 0.6) is 0 Å². The molecule has 0 heterocycles. The fourth-order valence-electron chi connectivity index (χ4n) is 2.48. The molecule has 0 fully saturated rings. The van der Waals surface area contributed by atoms with E-state index in [9.17, 15) is 9.59 Å². The van der Waals surface area contributed by atoms with Gasteiger partial charge in [-0.15, -0.1) is 0 Å². The van der Waals surface area contributed by atoms with Crippen molar-refractivity contribution in [2.24, 2.45) is 0 Å². The Morgan fingerprint density at radius 1 is 0.885 bits per heavy atom. The molecule has 1 N–H and O–H groups in total. The SMILES string of the molecule is CCCCCCCCCCNC(=O)C=CC(=O)N(CCC#N)CCC#N. The Balaban J connectivity index is 3.93. The summed E-state index contributed by atoms with van der Waals surface area (Å²) in [7, 11) is 0. The van der Waals surface area contributed by atoms with Crippen LogP contribution in [0, 0.1) is 22.7 Å². The van der Waals surface area contributed by atoms with E-state index in [2.05, 4.69) is 12.2 Å². The summed E-state index contributed by atoms with van der Waals surface area (Å²) in [5.41, 5.74) is 0. The zero-order chi connectivity index (χ0) is 19.5. The third-order valence-electron chi connectivity index (χ3n) is 4.01. The molecule has 0 aliphatic heterocycles. The summed E-state index contributed by atoms with van der Waals surface area (Å²) in [6.45, 7) is 3.35. The van der Waals surface area contributed by atoms with Gasteiger partial charge in [-0.1, -0.05) is 51.9 Å². The van der Waals surface area contributed by atoms with Crippen molar-refractivity contribution in [1.29, 1.82) is 10.5 Å². The number of carbonyl (C=O) groups excluding carboxylic acids is 2. The molecule has 0 saturated heterocycles. The number of unbranched alkanes of at least 4 members (excludes halogenated alkanes) is 7. The van der Waals surface area contributed by atoms with E-state index in [1.807, 2.05) is 12.1 Å². The predicted octanol–water partition coefficient (Wildman–Crippen LogP) is 3.46. The first-order valence-corrected chi connectivity index (χ1v) is 9.64. The Bertz CT molecular complexity index is 485. The van der Waals surface area contributed by atoms with Crippen molar-refractivity contribution in [2.45, 2.75) is 71.1 Å². The van der Waals surface area contributed by atoms with Gasteiger partial charge in [-0.2, -0.15) is 10.5 Å². The number of nitrogens with zero attached hydrogens (tertiary/aromatic N) is 3. The summed E-state index contributed by atoms with van der Waals surface area (Å²) >= 11 is 0. The molecule has 2 amide bonds. The number of rotatable bonds is 15. The number of carbonyl (C=O) groups is 2. The summed E-state index contributed by atoms with van der Waals surface area (Å²) in [5, 5.41) is 20.0. The number of hydrogen-bond acceptors (Lipinski definition) is 4. The average molecular weight is 361 g/mol. The first-order chi connectivity index (χ1) is 12.7. The molecule has 0 radical (unpaired) electrons. The smallest absolute Gasteiger partial charge is 0.246 e. The molecule has 0 aromatic heterocycles. The van der Waals surface area contributed by atoms with Crippen molar-refractivity contribution in [1.82, 2.24) is 10.2 Å². The predicted molar refractivity (Wildman–Crippen MR) is 102 cm³/mol. The van der Waals surface area contributed by atoms with Crippen LogP contribution in [0.25, 0.3) is 0 Å². The van der Waals surface area contributed by atoms with Gasteiger partial charge in [0.2, 0.25) is 11.8 Å². The van der Waals surface area contributed by atoms with Crippen LogP contribution < -0.4 is 5.32 Å². The second-order valence-corrected chi connectivity index (χ2v) is 6.24. The van der Waals surface area contributed by atoms with Gasteiger partial charge in [0.15, 0.2) is 0 Å². The Kier molecular flexibility index (Phi) is 15.9. The molecular formula is C20H32N4O2. The molecule has 0 aliphatic carbocycles. The second kappa shape index (κ2) is 17.5. The molecule has 0 atom stereocenters. The second-order valence-electron chi connectivity index (χ2n) is 6.24. The standard InChI is InChI=1S/C20H32N4O2/c1-2-3-4-5-6-7-8-9-16-23-19(25)12-13-20(26)24(17-10-14-21)18-11-15-22/h12-13H,2-11,16-18H2,1H3,(H,23,25). The lowest BCUT2D eigenvalue weighted by molar-refractivity contribution is -0.126. The van der Waals surface area contributed by atoms with Gasteiger partial charge >= 0.3 is 0 Å². The van der Waals surface area contributed by atoms with Crippen LogP contribution in [0.4, 0.5) is 0 Å². The Labute approximate surface area is 157 Å². The van der Waals surface area contributed by atoms with Crippen LogP contribution in [0.15, 0.2) is 12.2 Å². The third kappa shape index (κ3) is 14.0. The molecule has 0 aromatic carbocycles. The number of amides is 2. The maximum Gasteiger partial charge on any atom is 0.246 e. The summed E-state index contributed by atoms with van der Waals surface area (Å²) in [6, 6.07) is 3.95. The van der Waals surface area contributed by atoms with Gasteiger partial charge in [0.1, 0.15) is 0 Å². The lowest BCUT2D eigenvalue weighted by Gasteiger charge is -2.18. The minimum Gasteiger partial charge on any atom is -0.353 e. The first-order valence-electron chi connectivity index (χ1n) is 9.64. The van der Waals surface area contributed by atoms with E-state index in [1.165, 1.54) is 55.6 Å². The maximum absolute atomic E-state index is 12.0. The lowest BCUT2D eigenvalue weighted by Crippen LogP contribution is -2.32. The highest BCUT2D eigenvalue weighted by atomic mass is 16.2. The molecule has 0 spiro atoms. The number of nitriles is 2. The summed E-state index contributed by atoms with van der Waals surface area (Å²) in [5.74, 6) is -0.639. The van der Waals surface area contributed by atoms with E-state index >= 15 is 0 Å². The van der Waals surface area contributed by atoms with Crippen LogP contribution in [0.3, 0.4) is 0 Å². The van der Waals surface area contributed by atoms with E-state index < -0.39 is 0 Å². The van der Waals surface area contributed by atoms with Gasteiger partial charge in [-0.3, -0.25) is 9.59 Å². The normalized spacial score (nSPS) is 10.3. The van der Waals surface area contributed by atoms with Crippen molar-refractivity contribution >= 4 is 11.8 Å². The molecule has 6 nitrogen and oxygen atoms in total. The molecule has 0 bridgehead atoms. The van der Waals surface area contributed by atoms with E-state index in [1.54, 1.807) is 0 Å². The molecule has 0 aliphatic rings. The van der Waals surface area contributed by atoms with E-state index in [0.717, 1.165) is 12.8 Å². The van der Waals surface area contributed by atoms with Crippen LogP contribution in [-0.2, 0) is 9.59 Å². The topological polar surface area (TPSA) is 97.0 Å². The largest absolute Gasteiger partial charge is 0.353 e. The minimum absolute atomic E-state index is 0.204. The fraction of sp³-hybridized carbons (Fsp3) is 0.700. The van der Waals surface area contributed by atoms with Crippen molar-refractivity contribution in [3.8, 4) is 12.1 Å². The summed E-state index contributed by atoms with van der Waals surface area (Å²) in [4.78, 5) is 25.2. The van der Waals surface area contributed by atoms with Crippen LogP contribution in [0.1, 0.15) is 71.1 Å². The molecule has 0 aromatic rings. The monoisotopic (exact) mass is 360 g/mol.